The molecule has 2 nitrogen and oxygen atoms in total. The molecule has 1 saturated carbocycles. The van der Waals surface area contributed by atoms with Gasteiger partial charge >= 0.3 is 0 Å². The minimum atomic E-state index is -0.151. The summed E-state index contributed by atoms with van der Waals surface area (Å²) in [4.78, 5) is 12.6. The number of rotatable bonds is 4. The Morgan fingerprint density at radius 3 is 2.65 bits per heavy atom. The Hall–Kier alpha value is -0.790. The highest BCUT2D eigenvalue weighted by Gasteiger charge is 2.47. The highest BCUT2D eigenvalue weighted by atomic mass is 16.2. The fraction of sp³-hybridized carbons (Fsp3) is 0.800. The molecule has 0 radical (unpaired) electrons. The maximum Gasteiger partial charge on any atom is 0.226 e. The second kappa shape index (κ2) is 5.24. The molecule has 1 amide bonds. The zero-order chi connectivity index (χ0) is 13.1. The minimum Gasteiger partial charge on any atom is -0.351 e. The molecule has 0 spiro atoms. The molecule has 0 aliphatic heterocycles. The zero-order valence-electron chi connectivity index (χ0n) is 11.8. The second-order valence-electron chi connectivity index (χ2n) is 6.33. The van der Waals surface area contributed by atoms with Crippen LogP contribution in [-0.2, 0) is 4.79 Å². The first-order chi connectivity index (χ1) is 7.85. The Kier molecular flexibility index (Phi) is 4.40. The largest absolute Gasteiger partial charge is 0.351 e. The number of hydrogen-bond acceptors (Lipinski definition) is 1. The fourth-order valence-corrected chi connectivity index (χ4v) is 3.08. The normalized spacial score (nSPS) is 29.1. The van der Waals surface area contributed by atoms with E-state index in [1.165, 1.54) is 6.42 Å². The summed E-state index contributed by atoms with van der Waals surface area (Å²) in [6, 6.07) is 0. The number of carbonyl (C=O) groups excluding carboxylic acids is 1. The van der Waals surface area contributed by atoms with Crippen molar-refractivity contribution in [3.63, 3.8) is 0 Å². The predicted octanol–water partition coefficient (Wildman–Crippen LogP) is 3.67. The van der Waals surface area contributed by atoms with E-state index in [2.05, 4.69) is 18.8 Å². The van der Waals surface area contributed by atoms with Crippen molar-refractivity contribution in [2.45, 2.75) is 65.3 Å². The van der Waals surface area contributed by atoms with Crippen LogP contribution in [0.15, 0.2) is 12.7 Å². The van der Waals surface area contributed by atoms with Gasteiger partial charge in [-0.2, -0.15) is 0 Å². The van der Waals surface area contributed by atoms with Crippen LogP contribution in [0.25, 0.3) is 0 Å². The third kappa shape index (κ3) is 3.11. The third-order valence-corrected chi connectivity index (χ3v) is 3.98. The quantitative estimate of drug-likeness (QED) is 0.743. The molecular formula is C15H27NO. The van der Waals surface area contributed by atoms with Gasteiger partial charge in [0, 0.05) is 5.54 Å². The first-order valence-corrected chi connectivity index (χ1v) is 6.79. The Labute approximate surface area is 106 Å². The van der Waals surface area contributed by atoms with E-state index in [0.29, 0.717) is 5.92 Å². The fourth-order valence-electron chi connectivity index (χ4n) is 3.08. The van der Waals surface area contributed by atoms with Gasteiger partial charge in [0.15, 0.2) is 0 Å². The van der Waals surface area contributed by atoms with Crippen LogP contribution in [0.3, 0.4) is 0 Å². The summed E-state index contributed by atoms with van der Waals surface area (Å²) in [5, 5.41) is 3.17. The van der Waals surface area contributed by atoms with Crippen molar-refractivity contribution in [1.29, 1.82) is 0 Å². The Balaban J connectivity index is 2.86. The van der Waals surface area contributed by atoms with Crippen molar-refractivity contribution in [2.75, 3.05) is 0 Å². The van der Waals surface area contributed by atoms with Gasteiger partial charge < -0.3 is 5.32 Å². The lowest BCUT2D eigenvalue weighted by Gasteiger charge is -2.36. The Morgan fingerprint density at radius 2 is 2.18 bits per heavy atom. The molecule has 98 valence electrons. The van der Waals surface area contributed by atoms with Gasteiger partial charge in [0.05, 0.1) is 5.41 Å². The van der Waals surface area contributed by atoms with Crippen LogP contribution in [0, 0.1) is 11.3 Å². The Bertz CT molecular complexity index is 290. The van der Waals surface area contributed by atoms with Crippen LogP contribution < -0.4 is 5.32 Å². The average Bonchev–Trinajstić information content (AvgIpc) is 2.60. The SMILES string of the molecule is C=CC[C@H]1CCC[C@@]1(CC)C(=O)NC(C)(C)C. The van der Waals surface area contributed by atoms with Gasteiger partial charge in [0.2, 0.25) is 5.91 Å². The van der Waals surface area contributed by atoms with E-state index in [1.54, 1.807) is 0 Å². The van der Waals surface area contributed by atoms with E-state index < -0.39 is 0 Å². The summed E-state index contributed by atoms with van der Waals surface area (Å²) in [5.74, 6) is 0.726. The van der Waals surface area contributed by atoms with Crippen molar-refractivity contribution < 1.29 is 4.79 Å². The van der Waals surface area contributed by atoms with Crippen LogP contribution in [0.4, 0.5) is 0 Å². The summed E-state index contributed by atoms with van der Waals surface area (Å²) in [6.07, 6.45) is 7.23. The van der Waals surface area contributed by atoms with Gasteiger partial charge in [-0.05, 0) is 52.4 Å². The van der Waals surface area contributed by atoms with Gasteiger partial charge in [0.1, 0.15) is 0 Å². The molecule has 0 aromatic carbocycles. The monoisotopic (exact) mass is 237 g/mol. The molecule has 1 aliphatic rings. The molecule has 0 heterocycles. The van der Waals surface area contributed by atoms with E-state index in [9.17, 15) is 4.79 Å². The van der Waals surface area contributed by atoms with Crippen molar-refractivity contribution in [1.82, 2.24) is 5.32 Å². The molecular weight excluding hydrogens is 210 g/mol. The van der Waals surface area contributed by atoms with E-state index in [4.69, 9.17) is 0 Å². The smallest absolute Gasteiger partial charge is 0.226 e. The van der Waals surface area contributed by atoms with E-state index >= 15 is 0 Å². The molecule has 1 N–H and O–H groups in total. The highest BCUT2D eigenvalue weighted by molar-refractivity contribution is 5.83. The van der Waals surface area contributed by atoms with Gasteiger partial charge in [-0.1, -0.05) is 19.4 Å². The average molecular weight is 237 g/mol. The van der Waals surface area contributed by atoms with Crippen LogP contribution >= 0.6 is 0 Å². The van der Waals surface area contributed by atoms with Crippen LogP contribution in [-0.4, -0.2) is 11.4 Å². The minimum absolute atomic E-state index is 0.138. The number of amides is 1. The Morgan fingerprint density at radius 1 is 1.53 bits per heavy atom. The van der Waals surface area contributed by atoms with E-state index in [1.807, 2.05) is 26.8 Å². The second-order valence-corrected chi connectivity index (χ2v) is 6.33. The van der Waals surface area contributed by atoms with Gasteiger partial charge in [0.25, 0.3) is 0 Å². The number of hydrogen-bond donors (Lipinski definition) is 1. The number of nitrogens with one attached hydrogen (secondary N) is 1. The van der Waals surface area contributed by atoms with Crippen molar-refractivity contribution >= 4 is 5.91 Å². The van der Waals surface area contributed by atoms with Crippen molar-refractivity contribution in [3.05, 3.63) is 12.7 Å². The first kappa shape index (κ1) is 14.3. The molecule has 0 saturated heterocycles. The summed E-state index contributed by atoms with van der Waals surface area (Å²) >= 11 is 0. The summed E-state index contributed by atoms with van der Waals surface area (Å²) in [7, 11) is 0. The maximum absolute atomic E-state index is 12.6. The lowest BCUT2D eigenvalue weighted by molar-refractivity contribution is -0.135. The van der Waals surface area contributed by atoms with E-state index in [-0.39, 0.29) is 16.9 Å². The molecule has 17 heavy (non-hydrogen) atoms. The molecule has 2 heteroatoms. The van der Waals surface area contributed by atoms with Gasteiger partial charge in [-0.3, -0.25) is 4.79 Å². The zero-order valence-corrected chi connectivity index (χ0v) is 11.8. The number of carbonyl (C=O) groups is 1. The summed E-state index contributed by atoms with van der Waals surface area (Å²) in [5.41, 5.74) is -0.290. The van der Waals surface area contributed by atoms with Crippen LogP contribution in [0.1, 0.15) is 59.8 Å². The lowest BCUT2D eigenvalue weighted by Crippen LogP contribution is -2.50. The molecule has 1 fully saturated rings. The van der Waals surface area contributed by atoms with Crippen LogP contribution in [0.2, 0.25) is 0 Å². The molecule has 0 unspecified atom stereocenters. The van der Waals surface area contributed by atoms with Gasteiger partial charge in [-0.25, -0.2) is 0 Å². The summed E-state index contributed by atoms with van der Waals surface area (Å²) in [6.45, 7) is 12.1. The first-order valence-electron chi connectivity index (χ1n) is 6.79. The standard InChI is InChI=1S/C15H27NO/c1-6-9-12-10-8-11-15(12,7-2)13(17)16-14(3,4)5/h6,12H,1,7-11H2,2-5H3,(H,16,17)/t12-,15+/m0/s1. The molecule has 0 aromatic heterocycles. The van der Waals surface area contributed by atoms with Crippen LogP contribution in [0.5, 0.6) is 0 Å². The molecule has 1 aliphatic carbocycles. The summed E-state index contributed by atoms with van der Waals surface area (Å²) < 4.78 is 0. The topological polar surface area (TPSA) is 29.1 Å². The predicted molar refractivity (Wildman–Crippen MR) is 72.8 cm³/mol. The lowest BCUT2D eigenvalue weighted by atomic mass is 9.73. The molecule has 2 atom stereocenters. The van der Waals surface area contributed by atoms with Crippen molar-refractivity contribution in [2.24, 2.45) is 11.3 Å². The van der Waals surface area contributed by atoms with Gasteiger partial charge in [-0.15, -0.1) is 6.58 Å². The van der Waals surface area contributed by atoms with E-state index in [0.717, 1.165) is 25.7 Å². The molecule has 0 aromatic rings. The highest BCUT2D eigenvalue weighted by Crippen LogP contribution is 2.48. The molecule has 1 rings (SSSR count). The number of allylic oxidation sites excluding steroid dienone is 1. The molecule has 0 bridgehead atoms. The third-order valence-electron chi connectivity index (χ3n) is 3.98. The maximum atomic E-state index is 12.6. The van der Waals surface area contributed by atoms with Crippen molar-refractivity contribution in [3.8, 4) is 0 Å².